The fourth-order valence-electron chi connectivity index (χ4n) is 3.23. The summed E-state index contributed by atoms with van der Waals surface area (Å²) in [7, 11) is 1.68. The lowest BCUT2D eigenvalue weighted by Gasteiger charge is -2.28. The Kier molecular flexibility index (Phi) is 5.40. The molecule has 1 aromatic heterocycles. The molecule has 0 saturated carbocycles. The molecule has 1 aliphatic heterocycles. The van der Waals surface area contributed by atoms with Gasteiger partial charge in [0.25, 0.3) is 5.56 Å². The van der Waals surface area contributed by atoms with Crippen molar-refractivity contribution in [1.82, 2.24) is 19.4 Å². The van der Waals surface area contributed by atoms with Gasteiger partial charge in [-0.2, -0.15) is 0 Å². The number of para-hydroxylation sites is 1. The van der Waals surface area contributed by atoms with Gasteiger partial charge in [0.1, 0.15) is 12.1 Å². The molecule has 1 atom stereocenters. The zero-order valence-electron chi connectivity index (χ0n) is 16.7. The number of fused-ring (bicyclic) bond motifs is 1. The zero-order valence-corrected chi connectivity index (χ0v) is 16.7. The summed E-state index contributed by atoms with van der Waals surface area (Å²) in [6, 6.07) is 6.95. The number of amides is 2. The van der Waals surface area contributed by atoms with E-state index in [2.05, 4.69) is 4.98 Å². The number of hydrogen-bond donors (Lipinski definition) is 0. The van der Waals surface area contributed by atoms with Crippen molar-refractivity contribution in [2.75, 3.05) is 20.1 Å². The second-order valence-corrected chi connectivity index (χ2v) is 8.07. The van der Waals surface area contributed by atoms with E-state index in [0.717, 1.165) is 0 Å². The number of nitrogens with zero attached hydrogens (tertiary/aromatic N) is 4. The van der Waals surface area contributed by atoms with Crippen LogP contribution in [0.1, 0.15) is 27.2 Å². The highest BCUT2D eigenvalue weighted by Gasteiger charge is 2.33. The van der Waals surface area contributed by atoms with Gasteiger partial charge in [0.2, 0.25) is 5.91 Å². The van der Waals surface area contributed by atoms with Crippen molar-refractivity contribution >= 4 is 22.9 Å². The Bertz CT molecular complexity index is 947. The molecule has 1 saturated heterocycles. The van der Waals surface area contributed by atoms with E-state index in [1.165, 1.54) is 10.9 Å². The molecular formula is C20H26N4O4. The molecule has 3 rings (SSSR count). The van der Waals surface area contributed by atoms with E-state index in [9.17, 15) is 14.4 Å². The van der Waals surface area contributed by atoms with Crippen LogP contribution in [-0.2, 0) is 16.1 Å². The molecule has 0 radical (unpaired) electrons. The average molecular weight is 386 g/mol. The maximum Gasteiger partial charge on any atom is 0.410 e. The van der Waals surface area contributed by atoms with E-state index in [-0.39, 0.29) is 24.1 Å². The fraction of sp³-hybridized carbons (Fsp3) is 0.500. The molecule has 150 valence electrons. The van der Waals surface area contributed by atoms with Crippen molar-refractivity contribution in [3.05, 3.63) is 40.9 Å². The Labute approximate surface area is 163 Å². The van der Waals surface area contributed by atoms with E-state index in [4.69, 9.17) is 4.74 Å². The first-order valence-corrected chi connectivity index (χ1v) is 9.33. The van der Waals surface area contributed by atoms with Gasteiger partial charge in [0.15, 0.2) is 0 Å². The number of likely N-dealkylation sites (N-methyl/N-ethyl adjacent to an activating group) is 1. The summed E-state index contributed by atoms with van der Waals surface area (Å²) >= 11 is 0. The summed E-state index contributed by atoms with van der Waals surface area (Å²) in [6.07, 6.45) is 1.68. The third-order valence-electron chi connectivity index (χ3n) is 4.78. The highest BCUT2D eigenvalue weighted by molar-refractivity contribution is 5.79. The van der Waals surface area contributed by atoms with Crippen molar-refractivity contribution in [2.45, 2.75) is 45.4 Å². The minimum Gasteiger partial charge on any atom is -0.444 e. The predicted molar refractivity (Wildman–Crippen MR) is 105 cm³/mol. The number of rotatable bonds is 3. The Morgan fingerprint density at radius 1 is 1.29 bits per heavy atom. The largest absolute Gasteiger partial charge is 0.444 e. The number of carbonyl (C=O) groups excluding carboxylic acids is 2. The Hall–Kier alpha value is -2.90. The van der Waals surface area contributed by atoms with Gasteiger partial charge in [-0.3, -0.25) is 14.2 Å². The normalized spacial score (nSPS) is 17.0. The lowest BCUT2D eigenvalue weighted by molar-refractivity contribution is -0.131. The van der Waals surface area contributed by atoms with Gasteiger partial charge in [0.05, 0.1) is 23.3 Å². The summed E-state index contributed by atoms with van der Waals surface area (Å²) in [6.45, 7) is 6.34. The van der Waals surface area contributed by atoms with Crippen molar-refractivity contribution in [2.24, 2.45) is 0 Å². The molecule has 0 aliphatic carbocycles. The SMILES string of the molecule is CN(C(=O)OC(C)(C)C)C1CCN(C(=O)Cn2cnc3ccccc3c2=O)C1. The molecule has 0 N–H and O–H groups in total. The van der Waals surface area contributed by atoms with Crippen molar-refractivity contribution in [3.63, 3.8) is 0 Å². The summed E-state index contributed by atoms with van der Waals surface area (Å²) in [5.41, 5.74) is -0.194. The van der Waals surface area contributed by atoms with Crippen molar-refractivity contribution in [1.29, 1.82) is 0 Å². The van der Waals surface area contributed by atoms with E-state index in [0.29, 0.717) is 30.4 Å². The van der Waals surface area contributed by atoms with Crippen LogP contribution in [0.5, 0.6) is 0 Å². The van der Waals surface area contributed by atoms with E-state index < -0.39 is 11.7 Å². The van der Waals surface area contributed by atoms with Gasteiger partial charge in [0, 0.05) is 20.1 Å². The van der Waals surface area contributed by atoms with Crippen LogP contribution < -0.4 is 5.56 Å². The second-order valence-electron chi connectivity index (χ2n) is 8.07. The molecule has 1 aromatic carbocycles. The maximum atomic E-state index is 12.7. The predicted octanol–water partition coefficient (Wildman–Crippen LogP) is 1.86. The molecule has 28 heavy (non-hydrogen) atoms. The molecule has 2 heterocycles. The van der Waals surface area contributed by atoms with Crippen LogP contribution in [0.25, 0.3) is 10.9 Å². The molecular weight excluding hydrogens is 360 g/mol. The van der Waals surface area contributed by atoms with Gasteiger partial charge in [-0.15, -0.1) is 0 Å². The molecule has 2 amide bonds. The summed E-state index contributed by atoms with van der Waals surface area (Å²) in [4.78, 5) is 44.9. The van der Waals surface area contributed by atoms with Gasteiger partial charge in [-0.05, 0) is 39.3 Å². The molecule has 0 bridgehead atoms. The minimum atomic E-state index is -0.566. The number of hydrogen-bond acceptors (Lipinski definition) is 5. The van der Waals surface area contributed by atoms with E-state index in [1.807, 2.05) is 26.8 Å². The zero-order chi connectivity index (χ0) is 20.5. The van der Waals surface area contributed by atoms with Crippen LogP contribution in [0, 0.1) is 0 Å². The minimum absolute atomic E-state index is 0.0699. The summed E-state index contributed by atoms with van der Waals surface area (Å²) < 4.78 is 6.72. The average Bonchev–Trinajstić information content (AvgIpc) is 3.12. The standard InChI is InChI=1S/C20H26N4O4/c1-20(2,3)28-19(27)22(4)14-9-10-23(11-14)17(25)12-24-13-21-16-8-6-5-7-15(16)18(24)26/h5-8,13-14H,9-12H2,1-4H3. The highest BCUT2D eigenvalue weighted by atomic mass is 16.6. The van der Waals surface area contributed by atoms with Gasteiger partial charge in [-0.1, -0.05) is 12.1 Å². The first kappa shape index (κ1) is 19.9. The monoisotopic (exact) mass is 386 g/mol. The molecule has 8 heteroatoms. The quantitative estimate of drug-likeness (QED) is 0.804. The Balaban J connectivity index is 1.64. The van der Waals surface area contributed by atoms with Crippen LogP contribution >= 0.6 is 0 Å². The number of carbonyl (C=O) groups is 2. The van der Waals surface area contributed by atoms with Crippen LogP contribution in [0.15, 0.2) is 35.4 Å². The van der Waals surface area contributed by atoms with Crippen molar-refractivity contribution in [3.8, 4) is 0 Å². The molecule has 0 spiro atoms. The van der Waals surface area contributed by atoms with Gasteiger partial charge >= 0.3 is 6.09 Å². The topological polar surface area (TPSA) is 84.7 Å². The fourth-order valence-corrected chi connectivity index (χ4v) is 3.23. The number of ether oxygens (including phenoxy) is 1. The van der Waals surface area contributed by atoms with Crippen molar-refractivity contribution < 1.29 is 14.3 Å². The maximum absolute atomic E-state index is 12.7. The smallest absolute Gasteiger partial charge is 0.410 e. The summed E-state index contributed by atoms with van der Waals surface area (Å²) in [5, 5.41) is 0.488. The van der Waals surface area contributed by atoms with E-state index in [1.54, 1.807) is 35.0 Å². The second kappa shape index (κ2) is 7.61. The lowest BCUT2D eigenvalue weighted by Crippen LogP contribution is -2.43. The number of likely N-dealkylation sites (tertiary alicyclic amines) is 1. The number of aromatic nitrogens is 2. The first-order chi connectivity index (χ1) is 13.2. The Morgan fingerprint density at radius 2 is 2.00 bits per heavy atom. The van der Waals surface area contributed by atoms with Gasteiger partial charge < -0.3 is 14.5 Å². The van der Waals surface area contributed by atoms with Crippen LogP contribution in [-0.4, -0.2) is 63.1 Å². The van der Waals surface area contributed by atoms with Crippen LogP contribution in [0.3, 0.4) is 0 Å². The molecule has 1 unspecified atom stereocenters. The molecule has 1 fully saturated rings. The molecule has 2 aromatic rings. The molecule has 8 nitrogen and oxygen atoms in total. The van der Waals surface area contributed by atoms with Crippen LogP contribution in [0.2, 0.25) is 0 Å². The summed E-state index contributed by atoms with van der Waals surface area (Å²) in [5.74, 6) is -0.167. The van der Waals surface area contributed by atoms with Gasteiger partial charge in [-0.25, -0.2) is 9.78 Å². The third kappa shape index (κ3) is 4.32. The highest BCUT2D eigenvalue weighted by Crippen LogP contribution is 2.18. The lowest BCUT2D eigenvalue weighted by atomic mass is 10.2. The molecule has 1 aliphatic rings. The Morgan fingerprint density at radius 3 is 2.71 bits per heavy atom. The first-order valence-electron chi connectivity index (χ1n) is 9.33. The van der Waals surface area contributed by atoms with E-state index >= 15 is 0 Å². The number of benzene rings is 1. The van der Waals surface area contributed by atoms with Crippen LogP contribution in [0.4, 0.5) is 4.79 Å². The third-order valence-corrected chi connectivity index (χ3v) is 4.78.